The molecule has 0 aliphatic heterocycles. The quantitative estimate of drug-likeness (QED) is 0.673. The number of rotatable bonds is 9. The monoisotopic (exact) mass is 249 g/mol. The van der Waals surface area contributed by atoms with Crippen LogP contribution < -0.4 is 5.32 Å². The van der Waals surface area contributed by atoms with Crippen LogP contribution >= 0.6 is 0 Å². The Labute approximate surface area is 111 Å². The van der Waals surface area contributed by atoms with Crippen molar-refractivity contribution in [2.45, 2.75) is 65.7 Å². The van der Waals surface area contributed by atoms with Gasteiger partial charge in [0.05, 0.1) is 11.4 Å². The number of anilines is 1. The Morgan fingerprint density at radius 1 is 1.00 bits per heavy atom. The van der Waals surface area contributed by atoms with Crippen molar-refractivity contribution >= 4 is 5.82 Å². The van der Waals surface area contributed by atoms with Gasteiger partial charge in [0, 0.05) is 12.7 Å². The van der Waals surface area contributed by atoms with Gasteiger partial charge in [0.2, 0.25) is 0 Å². The maximum atomic E-state index is 4.62. The van der Waals surface area contributed by atoms with Gasteiger partial charge >= 0.3 is 0 Å². The van der Waals surface area contributed by atoms with E-state index in [1.54, 1.807) is 0 Å². The van der Waals surface area contributed by atoms with Crippen LogP contribution in [0.3, 0.4) is 0 Å². The summed E-state index contributed by atoms with van der Waals surface area (Å²) in [6.07, 6.45) is 10.3. The molecule has 0 spiro atoms. The minimum Gasteiger partial charge on any atom is -0.369 e. The van der Waals surface area contributed by atoms with E-state index in [-0.39, 0.29) is 0 Å². The Bertz CT molecular complexity index is 337. The molecule has 0 unspecified atom stereocenters. The number of nitrogens with zero attached hydrogens (tertiary/aromatic N) is 2. The van der Waals surface area contributed by atoms with Crippen LogP contribution in [0.1, 0.15) is 64.3 Å². The maximum Gasteiger partial charge on any atom is 0.148 e. The second kappa shape index (κ2) is 8.90. The molecule has 1 aromatic heterocycles. The highest BCUT2D eigenvalue weighted by Crippen LogP contribution is 2.12. The molecule has 0 radical (unpaired) electrons. The van der Waals surface area contributed by atoms with E-state index in [0.29, 0.717) is 0 Å². The largest absolute Gasteiger partial charge is 0.369 e. The molecule has 1 N–H and O–H groups in total. The van der Waals surface area contributed by atoms with E-state index in [1.807, 2.05) is 6.20 Å². The van der Waals surface area contributed by atoms with Crippen molar-refractivity contribution in [1.82, 2.24) is 9.97 Å². The van der Waals surface area contributed by atoms with Gasteiger partial charge in [0.1, 0.15) is 5.82 Å². The van der Waals surface area contributed by atoms with Crippen LogP contribution in [0.15, 0.2) is 6.20 Å². The molecule has 0 aromatic carbocycles. The van der Waals surface area contributed by atoms with Gasteiger partial charge in [-0.1, -0.05) is 46.5 Å². The number of hydrogen-bond donors (Lipinski definition) is 1. The number of hydrogen-bond acceptors (Lipinski definition) is 3. The lowest BCUT2D eigenvalue weighted by Crippen LogP contribution is -2.09. The maximum absolute atomic E-state index is 4.62. The molecule has 18 heavy (non-hydrogen) atoms. The molecule has 1 aromatic rings. The molecule has 0 fully saturated rings. The Kier molecular flexibility index (Phi) is 7.38. The highest BCUT2D eigenvalue weighted by molar-refractivity contribution is 5.40. The first-order chi connectivity index (χ1) is 8.81. The summed E-state index contributed by atoms with van der Waals surface area (Å²) in [6.45, 7) is 7.50. The smallest absolute Gasteiger partial charge is 0.148 e. The summed E-state index contributed by atoms with van der Waals surface area (Å²) >= 11 is 0. The van der Waals surface area contributed by atoms with Crippen LogP contribution in [0, 0.1) is 0 Å². The molecule has 0 aliphatic carbocycles. The van der Waals surface area contributed by atoms with Gasteiger partial charge < -0.3 is 5.32 Å². The Morgan fingerprint density at radius 2 is 1.78 bits per heavy atom. The van der Waals surface area contributed by atoms with Crippen LogP contribution in [-0.4, -0.2) is 16.5 Å². The molecule has 0 saturated carbocycles. The number of aromatic nitrogens is 2. The van der Waals surface area contributed by atoms with Gasteiger partial charge in [0.15, 0.2) is 0 Å². The van der Waals surface area contributed by atoms with E-state index in [1.165, 1.54) is 32.1 Å². The predicted octanol–water partition coefficient (Wildman–Crippen LogP) is 3.98. The third-order valence-corrected chi connectivity index (χ3v) is 3.17. The van der Waals surface area contributed by atoms with Gasteiger partial charge in [-0.3, -0.25) is 4.98 Å². The van der Waals surface area contributed by atoms with Crippen LogP contribution in [0.2, 0.25) is 0 Å². The third kappa shape index (κ3) is 5.03. The molecule has 3 nitrogen and oxygen atoms in total. The molecule has 1 heterocycles. The van der Waals surface area contributed by atoms with Crippen LogP contribution in [-0.2, 0) is 12.8 Å². The summed E-state index contributed by atoms with van der Waals surface area (Å²) in [6, 6.07) is 0. The molecule has 0 saturated heterocycles. The number of unbranched alkanes of at least 4 members (excludes halogenated alkanes) is 4. The van der Waals surface area contributed by atoms with E-state index >= 15 is 0 Å². The SMILES string of the molecule is CCCCCCCNc1nc(CC)cnc1CC. The molecule has 0 bridgehead atoms. The van der Waals surface area contributed by atoms with Gasteiger partial charge in [-0.25, -0.2) is 4.98 Å². The van der Waals surface area contributed by atoms with Crippen molar-refractivity contribution in [3.05, 3.63) is 17.6 Å². The van der Waals surface area contributed by atoms with Gasteiger partial charge in [-0.05, 0) is 19.3 Å². The van der Waals surface area contributed by atoms with Crippen LogP contribution in [0.5, 0.6) is 0 Å². The number of aryl methyl sites for hydroxylation is 2. The van der Waals surface area contributed by atoms with E-state index in [9.17, 15) is 0 Å². The molecule has 0 aliphatic rings. The predicted molar refractivity (Wildman–Crippen MR) is 78.0 cm³/mol. The normalized spacial score (nSPS) is 10.6. The zero-order valence-electron chi connectivity index (χ0n) is 12.1. The lowest BCUT2D eigenvalue weighted by atomic mass is 10.1. The lowest BCUT2D eigenvalue weighted by molar-refractivity contribution is 0.644. The fraction of sp³-hybridized carbons (Fsp3) is 0.733. The van der Waals surface area contributed by atoms with E-state index in [4.69, 9.17) is 0 Å². The summed E-state index contributed by atoms with van der Waals surface area (Å²) in [4.78, 5) is 9.09. The van der Waals surface area contributed by atoms with E-state index < -0.39 is 0 Å². The van der Waals surface area contributed by atoms with Crippen molar-refractivity contribution in [3.63, 3.8) is 0 Å². The van der Waals surface area contributed by atoms with E-state index in [2.05, 4.69) is 36.1 Å². The Balaban J connectivity index is 2.39. The summed E-state index contributed by atoms with van der Waals surface area (Å²) in [5.74, 6) is 0.993. The minimum absolute atomic E-state index is 0.940. The first-order valence-electron chi connectivity index (χ1n) is 7.40. The van der Waals surface area contributed by atoms with Gasteiger partial charge in [-0.15, -0.1) is 0 Å². The van der Waals surface area contributed by atoms with Crippen molar-refractivity contribution in [2.24, 2.45) is 0 Å². The lowest BCUT2D eigenvalue weighted by Gasteiger charge is -2.10. The highest BCUT2D eigenvalue weighted by Gasteiger charge is 2.04. The summed E-state index contributed by atoms with van der Waals surface area (Å²) < 4.78 is 0. The molecule has 102 valence electrons. The molecular formula is C15H27N3. The van der Waals surface area contributed by atoms with Crippen LogP contribution in [0.4, 0.5) is 5.82 Å². The molecule has 0 atom stereocenters. The van der Waals surface area contributed by atoms with Crippen molar-refractivity contribution in [2.75, 3.05) is 11.9 Å². The second-order valence-electron chi connectivity index (χ2n) is 4.70. The first-order valence-corrected chi connectivity index (χ1v) is 7.40. The Morgan fingerprint density at radius 3 is 2.44 bits per heavy atom. The zero-order chi connectivity index (χ0) is 13.2. The fourth-order valence-electron chi connectivity index (χ4n) is 1.96. The minimum atomic E-state index is 0.940. The molecular weight excluding hydrogens is 222 g/mol. The van der Waals surface area contributed by atoms with Gasteiger partial charge in [0.25, 0.3) is 0 Å². The second-order valence-corrected chi connectivity index (χ2v) is 4.70. The number of nitrogens with one attached hydrogen (secondary N) is 1. The van der Waals surface area contributed by atoms with Crippen molar-refractivity contribution in [1.29, 1.82) is 0 Å². The van der Waals surface area contributed by atoms with Crippen molar-refractivity contribution in [3.8, 4) is 0 Å². The average molecular weight is 249 g/mol. The average Bonchev–Trinajstić information content (AvgIpc) is 2.42. The van der Waals surface area contributed by atoms with Crippen molar-refractivity contribution < 1.29 is 0 Å². The molecule has 3 heteroatoms. The first kappa shape index (κ1) is 14.9. The zero-order valence-corrected chi connectivity index (χ0v) is 12.1. The Hall–Kier alpha value is -1.12. The standard InChI is InChI=1S/C15H27N3/c1-4-7-8-9-10-11-16-15-14(6-3)17-12-13(5-2)18-15/h12H,4-11H2,1-3H3,(H,16,18). The molecule has 0 amide bonds. The highest BCUT2D eigenvalue weighted by atomic mass is 15.0. The summed E-state index contributed by atoms with van der Waals surface area (Å²) in [5.41, 5.74) is 2.15. The summed E-state index contributed by atoms with van der Waals surface area (Å²) in [7, 11) is 0. The topological polar surface area (TPSA) is 37.8 Å². The van der Waals surface area contributed by atoms with E-state index in [0.717, 1.165) is 36.6 Å². The van der Waals surface area contributed by atoms with Gasteiger partial charge in [-0.2, -0.15) is 0 Å². The molecule has 1 rings (SSSR count). The summed E-state index contributed by atoms with van der Waals surface area (Å²) in [5, 5.41) is 3.44. The fourth-order valence-corrected chi connectivity index (χ4v) is 1.96. The van der Waals surface area contributed by atoms with Crippen LogP contribution in [0.25, 0.3) is 0 Å². The third-order valence-electron chi connectivity index (χ3n) is 3.17.